The number of ether oxygens (including phenoxy) is 1. The molecule has 1 fully saturated rings. The Morgan fingerprint density at radius 2 is 2.04 bits per heavy atom. The molecule has 1 aromatic heterocycles. The molecular weight excluding hydrogens is 320 g/mol. The van der Waals surface area contributed by atoms with Crippen LogP contribution in [0.1, 0.15) is 35.2 Å². The minimum absolute atomic E-state index is 0.125. The summed E-state index contributed by atoms with van der Waals surface area (Å²) in [5, 5.41) is 2.62. The molecule has 2 aromatic rings. The summed E-state index contributed by atoms with van der Waals surface area (Å²) in [6.45, 7) is 4.17. The number of hydrogen-bond donors (Lipinski definition) is 1. The van der Waals surface area contributed by atoms with Gasteiger partial charge < -0.3 is 14.5 Å². The van der Waals surface area contributed by atoms with E-state index in [0.29, 0.717) is 5.76 Å². The van der Waals surface area contributed by atoms with Crippen LogP contribution >= 0.6 is 0 Å². The molecule has 0 spiro atoms. The molecule has 0 bridgehead atoms. The summed E-state index contributed by atoms with van der Waals surface area (Å²) in [4.78, 5) is 25.4. The van der Waals surface area contributed by atoms with Gasteiger partial charge in [-0.1, -0.05) is 30.3 Å². The third-order valence-electron chi connectivity index (χ3n) is 4.13. The van der Waals surface area contributed by atoms with E-state index in [4.69, 9.17) is 9.15 Å². The topological polar surface area (TPSA) is 71.8 Å². The van der Waals surface area contributed by atoms with Gasteiger partial charge in [-0.25, -0.2) is 4.79 Å². The van der Waals surface area contributed by atoms with Crippen molar-refractivity contribution in [2.45, 2.75) is 32.5 Å². The number of carbonyl (C=O) groups is 2. The predicted octanol–water partition coefficient (Wildman–Crippen LogP) is 2.35. The van der Waals surface area contributed by atoms with Crippen LogP contribution in [0.25, 0.3) is 0 Å². The highest BCUT2D eigenvalue weighted by molar-refractivity contribution is 5.86. The molecule has 0 unspecified atom stereocenters. The first-order valence-electron chi connectivity index (χ1n) is 8.40. The van der Waals surface area contributed by atoms with Crippen LogP contribution in [-0.4, -0.2) is 36.0 Å². The SMILES string of the molecule is CC(=O)NCc1ccc(C(=O)O[C@@H]2CCN(Cc3ccccc3)C2)o1. The maximum Gasteiger partial charge on any atom is 0.374 e. The van der Waals surface area contributed by atoms with Crippen molar-refractivity contribution >= 4 is 11.9 Å². The first-order chi connectivity index (χ1) is 12.1. The lowest BCUT2D eigenvalue weighted by atomic mass is 10.2. The summed E-state index contributed by atoms with van der Waals surface area (Å²) >= 11 is 0. The smallest absolute Gasteiger partial charge is 0.374 e. The Morgan fingerprint density at radius 1 is 1.24 bits per heavy atom. The van der Waals surface area contributed by atoms with Gasteiger partial charge in [0, 0.05) is 26.6 Å². The summed E-state index contributed by atoms with van der Waals surface area (Å²) in [7, 11) is 0. The Labute approximate surface area is 146 Å². The van der Waals surface area contributed by atoms with Gasteiger partial charge in [0.25, 0.3) is 0 Å². The van der Waals surface area contributed by atoms with Crippen LogP contribution in [0, 0.1) is 0 Å². The predicted molar refractivity (Wildman–Crippen MR) is 91.8 cm³/mol. The van der Waals surface area contributed by atoms with E-state index in [-0.39, 0.29) is 24.3 Å². The lowest BCUT2D eigenvalue weighted by molar-refractivity contribution is -0.119. The average molecular weight is 342 g/mol. The van der Waals surface area contributed by atoms with Crippen molar-refractivity contribution in [3.63, 3.8) is 0 Å². The molecule has 3 rings (SSSR count). The van der Waals surface area contributed by atoms with Crippen LogP contribution in [0.15, 0.2) is 46.9 Å². The second-order valence-electron chi connectivity index (χ2n) is 6.21. The molecule has 25 heavy (non-hydrogen) atoms. The van der Waals surface area contributed by atoms with Crippen molar-refractivity contribution in [3.8, 4) is 0 Å². The normalized spacial score (nSPS) is 17.4. The van der Waals surface area contributed by atoms with Gasteiger partial charge in [0.05, 0.1) is 6.54 Å². The second-order valence-corrected chi connectivity index (χ2v) is 6.21. The zero-order chi connectivity index (χ0) is 17.6. The van der Waals surface area contributed by atoms with E-state index in [2.05, 4.69) is 22.3 Å². The van der Waals surface area contributed by atoms with Crippen LogP contribution in [0.4, 0.5) is 0 Å². The largest absolute Gasteiger partial charge is 0.455 e. The van der Waals surface area contributed by atoms with Gasteiger partial charge >= 0.3 is 5.97 Å². The third-order valence-corrected chi connectivity index (χ3v) is 4.13. The fourth-order valence-corrected chi connectivity index (χ4v) is 2.88. The summed E-state index contributed by atoms with van der Waals surface area (Å²) in [5.74, 6) is 0.0896. The van der Waals surface area contributed by atoms with E-state index in [0.717, 1.165) is 26.1 Å². The fourth-order valence-electron chi connectivity index (χ4n) is 2.88. The molecule has 6 nitrogen and oxygen atoms in total. The van der Waals surface area contributed by atoms with Crippen molar-refractivity contribution in [2.75, 3.05) is 13.1 Å². The Balaban J connectivity index is 1.48. The van der Waals surface area contributed by atoms with E-state index in [1.807, 2.05) is 18.2 Å². The zero-order valence-electron chi connectivity index (χ0n) is 14.2. The van der Waals surface area contributed by atoms with Crippen molar-refractivity contribution in [1.29, 1.82) is 0 Å². The van der Waals surface area contributed by atoms with E-state index >= 15 is 0 Å². The van der Waals surface area contributed by atoms with Gasteiger partial charge in [0.1, 0.15) is 11.9 Å². The lowest BCUT2D eigenvalue weighted by Crippen LogP contribution is -2.24. The Kier molecular flexibility index (Phi) is 5.50. The van der Waals surface area contributed by atoms with E-state index in [9.17, 15) is 9.59 Å². The van der Waals surface area contributed by atoms with Gasteiger partial charge in [0.15, 0.2) is 0 Å². The van der Waals surface area contributed by atoms with Crippen molar-refractivity contribution < 1.29 is 18.7 Å². The Hall–Kier alpha value is -2.60. The van der Waals surface area contributed by atoms with Gasteiger partial charge in [-0.2, -0.15) is 0 Å². The minimum atomic E-state index is -0.458. The number of esters is 1. The van der Waals surface area contributed by atoms with E-state index in [1.165, 1.54) is 12.5 Å². The number of nitrogens with one attached hydrogen (secondary N) is 1. The molecular formula is C19H22N2O4. The number of furan rings is 1. The first kappa shape index (κ1) is 17.2. The highest BCUT2D eigenvalue weighted by atomic mass is 16.6. The van der Waals surface area contributed by atoms with Crippen molar-refractivity contribution in [1.82, 2.24) is 10.2 Å². The van der Waals surface area contributed by atoms with Gasteiger partial charge in [0.2, 0.25) is 11.7 Å². The third kappa shape index (κ3) is 4.93. The molecule has 6 heteroatoms. The van der Waals surface area contributed by atoms with Crippen LogP contribution in [0.5, 0.6) is 0 Å². The summed E-state index contributed by atoms with van der Waals surface area (Å²) in [6.07, 6.45) is 0.693. The molecule has 1 saturated heterocycles. The maximum atomic E-state index is 12.2. The number of amides is 1. The molecule has 1 aliphatic heterocycles. The number of hydrogen-bond acceptors (Lipinski definition) is 5. The zero-order valence-corrected chi connectivity index (χ0v) is 14.2. The highest BCUT2D eigenvalue weighted by Crippen LogP contribution is 2.18. The summed E-state index contributed by atoms with van der Waals surface area (Å²) in [6, 6.07) is 13.5. The summed E-state index contributed by atoms with van der Waals surface area (Å²) in [5.41, 5.74) is 1.25. The maximum absolute atomic E-state index is 12.2. The van der Waals surface area contributed by atoms with E-state index in [1.54, 1.807) is 12.1 Å². The van der Waals surface area contributed by atoms with Crippen molar-refractivity contribution in [2.24, 2.45) is 0 Å². The highest BCUT2D eigenvalue weighted by Gasteiger charge is 2.27. The molecule has 0 radical (unpaired) electrons. The molecule has 1 aliphatic rings. The molecule has 0 saturated carbocycles. The molecule has 1 aromatic carbocycles. The number of benzene rings is 1. The van der Waals surface area contributed by atoms with Gasteiger partial charge in [-0.05, 0) is 24.1 Å². The molecule has 1 amide bonds. The monoisotopic (exact) mass is 342 g/mol. The molecule has 1 atom stereocenters. The molecule has 132 valence electrons. The minimum Gasteiger partial charge on any atom is -0.455 e. The lowest BCUT2D eigenvalue weighted by Gasteiger charge is -2.16. The second kappa shape index (κ2) is 7.98. The average Bonchev–Trinajstić information content (AvgIpc) is 3.23. The van der Waals surface area contributed by atoms with Crippen molar-refractivity contribution in [3.05, 3.63) is 59.5 Å². The first-order valence-corrected chi connectivity index (χ1v) is 8.40. The number of rotatable bonds is 6. The molecule has 1 N–H and O–H groups in total. The van der Waals surface area contributed by atoms with Gasteiger partial charge in [-0.15, -0.1) is 0 Å². The molecule has 0 aliphatic carbocycles. The summed E-state index contributed by atoms with van der Waals surface area (Å²) < 4.78 is 11.0. The standard InChI is InChI=1S/C19H22N2O4/c1-14(22)20-11-16-7-8-18(24-16)19(23)25-17-9-10-21(13-17)12-15-5-3-2-4-6-15/h2-8,17H,9-13H2,1H3,(H,20,22)/t17-/m1/s1. The van der Waals surface area contributed by atoms with Crippen LogP contribution < -0.4 is 5.32 Å². The van der Waals surface area contributed by atoms with E-state index < -0.39 is 5.97 Å². The Bertz CT molecular complexity index is 726. The number of carbonyl (C=O) groups excluding carboxylic acids is 2. The van der Waals surface area contributed by atoms with Crippen LogP contribution in [-0.2, 0) is 22.6 Å². The fraction of sp³-hybridized carbons (Fsp3) is 0.368. The number of nitrogens with zero attached hydrogens (tertiary/aromatic N) is 1. The van der Waals surface area contributed by atoms with Crippen LogP contribution in [0.3, 0.4) is 0 Å². The number of likely N-dealkylation sites (tertiary alicyclic amines) is 1. The van der Waals surface area contributed by atoms with Gasteiger partial charge in [-0.3, -0.25) is 9.69 Å². The quantitative estimate of drug-likeness (QED) is 0.816. The Morgan fingerprint density at radius 3 is 2.80 bits per heavy atom. The molecule has 2 heterocycles. The van der Waals surface area contributed by atoms with Crippen LogP contribution in [0.2, 0.25) is 0 Å².